The second-order valence-corrected chi connectivity index (χ2v) is 5.54. The summed E-state index contributed by atoms with van der Waals surface area (Å²) >= 11 is 0. The van der Waals surface area contributed by atoms with Crippen molar-refractivity contribution < 1.29 is 13.2 Å². The fraction of sp³-hybridized carbons (Fsp3) is 0.667. The standard InChI is InChI=1S/C15H21F3N2O/c1-2-19-12-6-3-5-11(12)9-10-20-13(15(16,17)18)7-4-8-14(20)21/h4,7-8,11-12,19H,2-3,5-6,9-10H2,1H3. The van der Waals surface area contributed by atoms with Crippen molar-refractivity contribution in [1.82, 2.24) is 9.88 Å². The minimum atomic E-state index is -4.49. The van der Waals surface area contributed by atoms with Gasteiger partial charge in [0.25, 0.3) is 5.56 Å². The lowest BCUT2D eigenvalue weighted by Crippen LogP contribution is -2.34. The minimum absolute atomic E-state index is 0.126. The van der Waals surface area contributed by atoms with Crippen LogP contribution in [0.25, 0.3) is 0 Å². The summed E-state index contributed by atoms with van der Waals surface area (Å²) in [7, 11) is 0. The summed E-state index contributed by atoms with van der Waals surface area (Å²) in [4.78, 5) is 11.7. The van der Waals surface area contributed by atoms with Gasteiger partial charge >= 0.3 is 6.18 Å². The van der Waals surface area contributed by atoms with Gasteiger partial charge in [-0.05, 0) is 37.8 Å². The van der Waals surface area contributed by atoms with E-state index in [9.17, 15) is 18.0 Å². The van der Waals surface area contributed by atoms with Gasteiger partial charge in [0.2, 0.25) is 0 Å². The molecule has 0 saturated heterocycles. The molecule has 1 aliphatic carbocycles. The molecule has 0 radical (unpaired) electrons. The molecule has 21 heavy (non-hydrogen) atoms. The second-order valence-electron chi connectivity index (χ2n) is 5.54. The Morgan fingerprint density at radius 2 is 2.10 bits per heavy atom. The maximum absolute atomic E-state index is 13.0. The van der Waals surface area contributed by atoms with Gasteiger partial charge in [0.1, 0.15) is 5.69 Å². The third kappa shape index (κ3) is 3.87. The minimum Gasteiger partial charge on any atom is -0.314 e. The molecule has 2 atom stereocenters. The highest BCUT2D eigenvalue weighted by molar-refractivity contribution is 5.10. The van der Waals surface area contributed by atoms with Crippen LogP contribution in [0.5, 0.6) is 0 Å². The molecule has 1 aromatic rings. The molecule has 0 bridgehead atoms. The highest BCUT2D eigenvalue weighted by atomic mass is 19.4. The number of hydrogen-bond acceptors (Lipinski definition) is 2. The van der Waals surface area contributed by atoms with Gasteiger partial charge in [0, 0.05) is 18.7 Å². The smallest absolute Gasteiger partial charge is 0.314 e. The molecule has 118 valence electrons. The van der Waals surface area contributed by atoms with E-state index in [0.29, 0.717) is 18.4 Å². The van der Waals surface area contributed by atoms with Gasteiger partial charge in [0.15, 0.2) is 0 Å². The third-order valence-corrected chi connectivity index (χ3v) is 4.19. The molecule has 3 nitrogen and oxygen atoms in total. The first-order valence-electron chi connectivity index (χ1n) is 7.44. The van der Waals surface area contributed by atoms with E-state index < -0.39 is 17.4 Å². The summed E-state index contributed by atoms with van der Waals surface area (Å²) in [6, 6.07) is 3.69. The lowest BCUT2D eigenvalue weighted by atomic mass is 9.99. The number of aromatic nitrogens is 1. The number of nitrogens with zero attached hydrogens (tertiary/aromatic N) is 1. The Morgan fingerprint density at radius 1 is 1.33 bits per heavy atom. The predicted molar refractivity (Wildman–Crippen MR) is 75.1 cm³/mol. The first-order valence-corrected chi connectivity index (χ1v) is 7.44. The first-order chi connectivity index (χ1) is 9.93. The maximum Gasteiger partial charge on any atom is 0.431 e. The average Bonchev–Trinajstić information content (AvgIpc) is 2.84. The van der Waals surface area contributed by atoms with Crippen LogP contribution >= 0.6 is 0 Å². The van der Waals surface area contributed by atoms with Gasteiger partial charge in [-0.1, -0.05) is 19.4 Å². The normalized spacial score (nSPS) is 22.7. The van der Waals surface area contributed by atoms with Crippen molar-refractivity contribution in [2.75, 3.05) is 6.54 Å². The van der Waals surface area contributed by atoms with Crippen LogP contribution in [-0.4, -0.2) is 17.2 Å². The Bertz CT molecular complexity index is 524. The van der Waals surface area contributed by atoms with Gasteiger partial charge in [-0.3, -0.25) is 4.79 Å². The number of alkyl halides is 3. The summed E-state index contributed by atoms with van der Waals surface area (Å²) in [6.45, 7) is 3.01. The summed E-state index contributed by atoms with van der Waals surface area (Å²) in [5.41, 5.74) is -1.43. The summed E-state index contributed by atoms with van der Waals surface area (Å²) in [6.07, 6.45) is -0.713. The SMILES string of the molecule is CCNC1CCCC1CCn1c(C(F)(F)F)cccc1=O. The largest absolute Gasteiger partial charge is 0.431 e. The monoisotopic (exact) mass is 302 g/mol. The van der Waals surface area contributed by atoms with Gasteiger partial charge < -0.3 is 9.88 Å². The van der Waals surface area contributed by atoms with Crippen LogP contribution in [0.15, 0.2) is 23.0 Å². The molecule has 1 N–H and O–H groups in total. The van der Waals surface area contributed by atoms with Crippen molar-refractivity contribution in [3.05, 3.63) is 34.2 Å². The van der Waals surface area contributed by atoms with E-state index in [1.165, 1.54) is 12.1 Å². The van der Waals surface area contributed by atoms with E-state index in [4.69, 9.17) is 0 Å². The van der Waals surface area contributed by atoms with Crippen LogP contribution in [0.4, 0.5) is 13.2 Å². The van der Waals surface area contributed by atoms with Crippen molar-refractivity contribution >= 4 is 0 Å². The Labute approximate surface area is 122 Å². The molecule has 0 amide bonds. The van der Waals surface area contributed by atoms with E-state index in [0.717, 1.165) is 36.4 Å². The zero-order valence-electron chi connectivity index (χ0n) is 12.1. The Hall–Kier alpha value is -1.30. The molecule has 1 aromatic heterocycles. The summed E-state index contributed by atoms with van der Waals surface area (Å²) in [5, 5.41) is 3.38. The van der Waals surface area contributed by atoms with E-state index in [-0.39, 0.29) is 6.54 Å². The molecular weight excluding hydrogens is 281 g/mol. The fourth-order valence-corrected chi connectivity index (χ4v) is 3.21. The maximum atomic E-state index is 13.0. The average molecular weight is 302 g/mol. The Balaban J connectivity index is 2.11. The second kappa shape index (κ2) is 6.64. The van der Waals surface area contributed by atoms with Crippen LogP contribution in [0, 0.1) is 5.92 Å². The first kappa shape index (κ1) is 16.1. The summed E-state index contributed by atoms with van der Waals surface area (Å²) in [5.74, 6) is 0.345. The zero-order chi connectivity index (χ0) is 15.5. The molecule has 1 fully saturated rings. The van der Waals surface area contributed by atoms with Crippen LogP contribution in [0.2, 0.25) is 0 Å². The topological polar surface area (TPSA) is 34.0 Å². The molecule has 2 unspecified atom stereocenters. The number of pyridine rings is 1. The summed E-state index contributed by atoms with van der Waals surface area (Å²) < 4.78 is 39.7. The van der Waals surface area contributed by atoms with Crippen LogP contribution in [0.1, 0.15) is 38.3 Å². The number of hydrogen-bond donors (Lipinski definition) is 1. The van der Waals surface area contributed by atoms with Gasteiger partial charge in [-0.25, -0.2) is 0 Å². The quantitative estimate of drug-likeness (QED) is 0.907. The van der Waals surface area contributed by atoms with E-state index in [1.807, 2.05) is 6.92 Å². The van der Waals surface area contributed by atoms with Gasteiger partial charge in [0.05, 0.1) is 0 Å². The van der Waals surface area contributed by atoms with Crippen LogP contribution in [-0.2, 0) is 12.7 Å². The number of rotatable bonds is 5. The molecule has 6 heteroatoms. The van der Waals surface area contributed by atoms with E-state index in [2.05, 4.69) is 5.32 Å². The van der Waals surface area contributed by atoms with E-state index in [1.54, 1.807) is 0 Å². The van der Waals surface area contributed by atoms with Crippen molar-refractivity contribution in [2.45, 2.75) is 51.4 Å². The van der Waals surface area contributed by atoms with Gasteiger partial charge in [-0.2, -0.15) is 13.2 Å². The lowest BCUT2D eigenvalue weighted by Gasteiger charge is -2.22. The van der Waals surface area contributed by atoms with E-state index >= 15 is 0 Å². The van der Waals surface area contributed by atoms with Gasteiger partial charge in [-0.15, -0.1) is 0 Å². The highest BCUT2D eigenvalue weighted by Gasteiger charge is 2.34. The van der Waals surface area contributed by atoms with Crippen molar-refractivity contribution in [3.8, 4) is 0 Å². The van der Waals surface area contributed by atoms with Crippen LogP contribution < -0.4 is 10.9 Å². The number of halogens is 3. The highest BCUT2D eigenvalue weighted by Crippen LogP contribution is 2.31. The zero-order valence-corrected chi connectivity index (χ0v) is 12.1. The predicted octanol–water partition coefficient (Wildman–Crippen LogP) is 3.04. The number of nitrogens with one attached hydrogen (secondary N) is 1. The van der Waals surface area contributed by atoms with Crippen molar-refractivity contribution in [3.63, 3.8) is 0 Å². The third-order valence-electron chi connectivity index (χ3n) is 4.19. The Morgan fingerprint density at radius 3 is 2.76 bits per heavy atom. The molecule has 1 saturated carbocycles. The molecule has 0 aromatic carbocycles. The van der Waals surface area contributed by atoms with Crippen LogP contribution in [0.3, 0.4) is 0 Å². The molecule has 1 heterocycles. The van der Waals surface area contributed by atoms with Crippen molar-refractivity contribution in [2.24, 2.45) is 5.92 Å². The Kier molecular flexibility index (Phi) is 5.08. The molecule has 2 rings (SSSR count). The lowest BCUT2D eigenvalue weighted by molar-refractivity contribution is -0.144. The molecular formula is C15H21F3N2O. The molecule has 0 aliphatic heterocycles. The molecule has 1 aliphatic rings. The van der Waals surface area contributed by atoms with Crippen molar-refractivity contribution in [1.29, 1.82) is 0 Å². The fourth-order valence-electron chi connectivity index (χ4n) is 3.21. The molecule has 0 spiro atoms.